The summed E-state index contributed by atoms with van der Waals surface area (Å²) < 4.78 is 5.59. The van der Waals surface area contributed by atoms with Gasteiger partial charge in [-0.1, -0.05) is 0 Å². The predicted molar refractivity (Wildman–Crippen MR) is 66.9 cm³/mol. The minimum atomic E-state index is -0.418. The highest BCUT2D eigenvalue weighted by Gasteiger charge is 2.12. The van der Waals surface area contributed by atoms with E-state index in [0.29, 0.717) is 17.1 Å². The Labute approximate surface area is 104 Å². The molecule has 0 aliphatic carbocycles. The molecule has 0 amide bonds. The summed E-state index contributed by atoms with van der Waals surface area (Å²) in [6, 6.07) is 8.31. The number of hydrogen-bond acceptors (Lipinski definition) is 4. The molecule has 0 aliphatic heterocycles. The third-order valence-electron chi connectivity index (χ3n) is 2.56. The molecular formula is C13H12N2O3. The summed E-state index contributed by atoms with van der Waals surface area (Å²) in [5, 5.41) is 10.8. The van der Waals surface area contributed by atoms with Crippen LogP contribution in [0, 0.1) is 24.0 Å². The Bertz CT molecular complexity index is 597. The molecule has 5 nitrogen and oxygen atoms in total. The lowest BCUT2D eigenvalue weighted by Crippen LogP contribution is -1.94. The maximum Gasteiger partial charge on any atom is 0.276 e. The van der Waals surface area contributed by atoms with Gasteiger partial charge in [-0.3, -0.25) is 15.1 Å². The van der Waals surface area contributed by atoms with Crippen molar-refractivity contribution < 1.29 is 9.66 Å². The molecule has 2 rings (SSSR count). The van der Waals surface area contributed by atoms with E-state index in [-0.39, 0.29) is 5.69 Å². The van der Waals surface area contributed by atoms with Crippen molar-refractivity contribution in [1.82, 2.24) is 4.98 Å². The molecule has 0 bridgehead atoms. The molecule has 18 heavy (non-hydrogen) atoms. The molecule has 0 radical (unpaired) electrons. The Morgan fingerprint density at radius 3 is 2.72 bits per heavy atom. The molecule has 0 saturated heterocycles. The van der Waals surface area contributed by atoms with Gasteiger partial charge < -0.3 is 4.74 Å². The van der Waals surface area contributed by atoms with Crippen molar-refractivity contribution in [3.05, 3.63) is 57.9 Å². The van der Waals surface area contributed by atoms with Gasteiger partial charge >= 0.3 is 0 Å². The number of nitrogens with zero attached hydrogens (tertiary/aromatic N) is 2. The van der Waals surface area contributed by atoms with Gasteiger partial charge in [-0.25, -0.2) is 0 Å². The molecule has 1 heterocycles. The Balaban J connectivity index is 2.33. The first kappa shape index (κ1) is 12.0. The van der Waals surface area contributed by atoms with Crippen molar-refractivity contribution in [2.75, 3.05) is 0 Å². The van der Waals surface area contributed by atoms with Crippen LogP contribution in [0.2, 0.25) is 0 Å². The van der Waals surface area contributed by atoms with Gasteiger partial charge in [0.2, 0.25) is 0 Å². The second kappa shape index (κ2) is 4.83. The first-order chi connectivity index (χ1) is 8.58. The number of benzene rings is 1. The predicted octanol–water partition coefficient (Wildman–Crippen LogP) is 3.40. The second-order valence-corrected chi connectivity index (χ2v) is 3.89. The van der Waals surface area contributed by atoms with Gasteiger partial charge in [0.25, 0.3) is 5.69 Å². The third-order valence-corrected chi connectivity index (χ3v) is 2.56. The Hall–Kier alpha value is -2.43. The molecule has 2 aromatic rings. The summed E-state index contributed by atoms with van der Waals surface area (Å²) >= 11 is 0. The zero-order chi connectivity index (χ0) is 13.1. The second-order valence-electron chi connectivity index (χ2n) is 3.89. The van der Waals surface area contributed by atoms with E-state index >= 15 is 0 Å². The van der Waals surface area contributed by atoms with Crippen LogP contribution in [0.25, 0.3) is 0 Å². The minimum Gasteiger partial charge on any atom is -0.455 e. The minimum absolute atomic E-state index is 0.0500. The van der Waals surface area contributed by atoms with E-state index in [0.717, 1.165) is 5.69 Å². The van der Waals surface area contributed by atoms with Gasteiger partial charge in [-0.05, 0) is 38.1 Å². The normalized spacial score (nSPS) is 10.1. The number of ether oxygens (including phenoxy) is 1. The first-order valence-corrected chi connectivity index (χ1v) is 5.42. The molecule has 0 N–H and O–H groups in total. The Morgan fingerprint density at radius 1 is 1.28 bits per heavy atom. The van der Waals surface area contributed by atoms with Crippen LogP contribution in [0.3, 0.4) is 0 Å². The van der Waals surface area contributed by atoms with Crippen LogP contribution in [0.15, 0.2) is 36.5 Å². The Morgan fingerprint density at radius 2 is 2.06 bits per heavy atom. The number of pyridine rings is 1. The quantitative estimate of drug-likeness (QED) is 0.613. The molecule has 0 aliphatic rings. The number of aromatic nitrogens is 1. The average Bonchev–Trinajstić information content (AvgIpc) is 2.34. The van der Waals surface area contributed by atoms with Crippen LogP contribution in [0.5, 0.6) is 11.5 Å². The number of rotatable bonds is 3. The van der Waals surface area contributed by atoms with E-state index in [1.807, 2.05) is 6.92 Å². The molecule has 0 saturated carbocycles. The van der Waals surface area contributed by atoms with E-state index in [2.05, 4.69) is 4.98 Å². The first-order valence-electron chi connectivity index (χ1n) is 5.42. The van der Waals surface area contributed by atoms with Crippen molar-refractivity contribution in [3.8, 4) is 11.5 Å². The Kier molecular flexibility index (Phi) is 3.23. The van der Waals surface area contributed by atoms with Crippen LogP contribution in [0.4, 0.5) is 5.69 Å². The van der Waals surface area contributed by atoms with Gasteiger partial charge in [-0.2, -0.15) is 0 Å². The van der Waals surface area contributed by atoms with Crippen molar-refractivity contribution in [2.24, 2.45) is 0 Å². The summed E-state index contributed by atoms with van der Waals surface area (Å²) in [4.78, 5) is 14.5. The standard InChI is InChI=1S/C13H12N2O3/c1-9-5-6-11(8-12(9)15(16)17)18-13-4-3-7-14-10(13)2/h3-8H,1-2H3. The highest BCUT2D eigenvalue weighted by atomic mass is 16.6. The molecule has 92 valence electrons. The lowest BCUT2D eigenvalue weighted by atomic mass is 10.2. The van der Waals surface area contributed by atoms with Gasteiger partial charge in [0.15, 0.2) is 0 Å². The van der Waals surface area contributed by atoms with Crippen LogP contribution in [0.1, 0.15) is 11.3 Å². The largest absolute Gasteiger partial charge is 0.455 e. The van der Waals surface area contributed by atoms with Crippen molar-refractivity contribution in [3.63, 3.8) is 0 Å². The maximum absolute atomic E-state index is 10.8. The molecular weight excluding hydrogens is 232 g/mol. The number of hydrogen-bond donors (Lipinski definition) is 0. The molecule has 1 aromatic carbocycles. The smallest absolute Gasteiger partial charge is 0.276 e. The summed E-state index contributed by atoms with van der Waals surface area (Å²) in [5.41, 5.74) is 1.39. The highest BCUT2D eigenvalue weighted by molar-refractivity contribution is 5.46. The zero-order valence-electron chi connectivity index (χ0n) is 10.1. The number of nitro benzene ring substituents is 1. The summed E-state index contributed by atoms with van der Waals surface area (Å²) in [6.07, 6.45) is 1.67. The fraction of sp³-hybridized carbons (Fsp3) is 0.154. The average molecular weight is 244 g/mol. The lowest BCUT2D eigenvalue weighted by Gasteiger charge is -2.08. The van der Waals surface area contributed by atoms with Crippen molar-refractivity contribution in [2.45, 2.75) is 13.8 Å². The van der Waals surface area contributed by atoms with Crippen LogP contribution in [-0.2, 0) is 0 Å². The number of aryl methyl sites for hydroxylation is 2. The maximum atomic E-state index is 10.8. The zero-order valence-corrected chi connectivity index (χ0v) is 10.1. The molecule has 0 spiro atoms. The molecule has 5 heteroatoms. The van der Waals surface area contributed by atoms with E-state index < -0.39 is 4.92 Å². The summed E-state index contributed by atoms with van der Waals surface area (Å²) in [5.74, 6) is 1.03. The lowest BCUT2D eigenvalue weighted by molar-refractivity contribution is -0.385. The molecule has 1 aromatic heterocycles. The summed E-state index contributed by atoms with van der Waals surface area (Å²) in [7, 11) is 0. The molecule has 0 atom stereocenters. The van der Waals surface area contributed by atoms with E-state index in [4.69, 9.17) is 4.74 Å². The van der Waals surface area contributed by atoms with E-state index in [9.17, 15) is 10.1 Å². The highest BCUT2D eigenvalue weighted by Crippen LogP contribution is 2.28. The van der Waals surface area contributed by atoms with E-state index in [1.54, 1.807) is 37.4 Å². The van der Waals surface area contributed by atoms with Gasteiger partial charge in [0.05, 0.1) is 16.7 Å². The SMILES string of the molecule is Cc1ccc(Oc2cccnc2C)cc1[N+](=O)[O-]. The molecule has 0 fully saturated rings. The van der Waals surface area contributed by atoms with Gasteiger partial charge in [0, 0.05) is 11.8 Å². The van der Waals surface area contributed by atoms with Gasteiger partial charge in [0.1, 0.15) is 11.5 Å². The summed E-state index contributed by atoms with van der Waals surface area (Å²) in [6.45, 7) is 3.51. The van der Waals surface area contributed by atoms with Crippen LogP contribution >= 0.6 is 0 Å². The number of nitro groups is 1. The molecule has 0 unspecified atom stereocenters. The van der Waals surface area contributed by atoms with Crippen molar-refractivity contribution in [1.29, 1.82) is 0 Å². The van der Waals surface area contributed by atoms with Gasteiger partial charge in [-0.15, -0.1) is 0 Å². The topological polar surface area (TPSA) is 65.3 Å². The third kappa shape index (κ3) is 2.45. The fourth-order valence-electron chi connectivity index (χ4n) is 1.55. The monoisotopic (exact) mass is 244 g/mol. The fourth-order valence-corrected chi connectivity index (χ4v) is 1.55. The van der Waals surface area contributed by atoms with Crippen molar-refractivity contribution >= 4 is 5.69 Å². The van der Waals surface area contributed by atoms with Crippen LogP contribution in [-0.4, -0.2) is 9.91 Å². The van der Waals surface area contributed by atoms with Crippen LogP contribution < -0.4 is 4.74 Å². The van der Waals surface area contributed by atoms with E-state index in [1.165, 1.54) is 6.07 Å².